The first-order chi connectivity index (χ1) is 10.2. The van der Waals surface area contributed by atoms with Gasteiger partial charge in [-0.1, -0.05) is 0 Å². The third-order valence-corrected chi connectivity index (χ3v) is 5.12. The summed E-state index contributed by atoms with van der Waals surface area (Å²) >= 11 is 2.83. The number of benzene rings is 2. The highest BCUT2D eigenvalue weighted by Crippen LogP contribution is 2.28. The second-order valence-electron chi connectivity index (χ2n) is 4.44. The average Bonchev–Trinajstić information content (AvgIpc) is 2.36. The number of carbonyl (C=O) groups is 1. The van der Waals surface area contributed by atoms with Gasteiger partial charge in [0, 0.05) is 21.8 Å². The van der Waals surface area contributed by atoms with Gasteiger partial charge in [0.25, 0.3) is 10.0 Å². The summed E-state index contributed by atoms with van der Waals surface area (Å²) < 4.78 is 53.1. The fourth-order valence-corrected chi connectivity index (χ4v) is 3.99. The highest BCUT2D eigenvalue weighted by molar-refractivity contribution is 9.10. The van der Waals surface area contributed by atoms with Gasteiger partial charge >= 0.3 is 0 Å². The van der Waals surface area contributed by atoms with Crippen molar-refractivity contribution in [3.63, 3.8) is 0 Å². The number of anilines is 1. The summed E-state index contributed by atoms with van der Waals surface area (Å²) in [6.45, 7) is 1.38. The van der Waals surface area contributed by atoms with Crippen LogP contribution in [-0.2, 0) is 10.0 Å². The molecular weight excluding hydrogens is 380 g/mol. The molecule has 116 valence electrons. The second-order valence-corrected chi connectivity index (χ2v) is 6.91. The lowest BCUT2D eigenvalue weighted by molar-refractivity contribution is 0.101. The molecule has 0 saturated carbocycles. The molecule has 2 rings (SSSR count). The topological polar surface area (TPSA) is 63.2 Å². The molecule has 2 aromatic carbocycles. The van der Waals surface area contributed by atoms with E-state index in [4.69, 9.17) is 0 Å². The van der Waals surface area contributed by atoms with Gasteiger partial charge in [-0.05, 0) is 53.2 Å². The van der Waals surface area contributed by atoms with Crippen molar-refractivity contribution in [2.24, 2.45) is 0 Å². The van der Waals surface area contributed by atoms with E-state index < -0.39 is 26.6 Å². The minimum Gasteiger partial charge on any atom is -0.295 e. The van der Waals surface area contributed by atoms with E-state index in [0.717, 1.165) is 6.07 Å². The van der Waals surface area contributed by atoms with Gasteiger partial charge in [0.1, 0.15) is 16.5 Å². The number of rotatable bonds is 4. The minimum atomic E-state index is -4.25. The lowest BCUT2D eigenvalue weighted by Crippen LogP contribution is -2.15. The maximum atomic E-state index is 13.7. The monoisotopic (exact) mass is 389 g/mol. The maximum Gasteiger partial charge on any atom is 0.265 e. The zero-order valence-electron chi connectivity index (χ0n) is 11.2. The number of hydrogen-bond acceptors (Lipinski definition) is 3. The summed E-state index contributed by atoms with van der Waals surface area (Å²) in [5.74, 6) is -2.27. The zero-order chi connectivity index (χ0) is 16.5. The molecule has 0 atom stereocenters. The van der Waals surface area contributed by atoms with Crippen molar-refractivity contribution in [3.8, 4) is 0 Å². The van der Waals surface area contributed by atoms with Gasteiger partial charge in [0.15, 0.2) is 5.78 Å². The van der Waals surface area contributed by atoms with Crippen LogP contribution in [0.25, 0.3) is 0 Å². The van der Waals surface area contributed by atoms with Crippen LogP contribution in [0, 0.1) is 11.6 Å². The smallest absolute Gasteiger partial charge is 0.265 e. The molecule has 0 spiro atoms. The van der Waals surface area contributed by atoms with E-state index in [2.05, 4.69) is 20.7 Å². The van der Waals surface area contributed by atoms with Gasteiger partial charge < -0.3 is 0 Å². The van der Waals surface area contributed by atoms with E-state index in [1.54, 1.807) is 0 Å². The van der Waals surface area contributed by atoms with Gasteiger partial charge in [0.2, 0.25) is 0 Å². The maximum absolute atomic E-state index is 13.7. The molecule has 0 saturated heterocycles. The molecule has 0 heterocycles. The Labute approximate surface area is 134 Å². The van der Waals surface area contributed by atoms with Crippen molar-refractivity contribution in [2.75, 3.05) is 4.72 Å². The molecule has 0 fully saturated rings. The van der Waals surface area contributed by atoms with Crippen LogP contribution < -0.4 is 4.72 Å². The largest absolute Gasteiger partial charge is 0.295 e. The second kappa shape index (κ2) is 6.13. The Morgan fingerprint density at radius 3 is 2.23 bits per heavy atom. The van der Waals surface area contributed by atoms with Crippen molar-refractivity contribution < 1.29 is 22.0 Å². The van der Waals surface area contributed by atoms with Gasteiger partial charge in [-0.2, -0.15) is 0 Å². The van der Waals surface area contributed by atoms with Crippen LogP contribution in [0.1, 0.15) is 17.3 Å². The Hall–Kier alpha value is -1.80. The Balaban J connectivity index is 2.38. The minimum absolute atomic E-state index is 0.153. The van der Waals surface area contributed by atoms with Gasteiger partial charge in [-0.25, -0.2) is 17.2 Å². The molecule has 4 nitrogen and oxygen atoms in total. The summed E-state index contributed by atoms with van der Waals surface area (Å²) in [6, 6.07) is 6.98. The Morgan fingerprint density at radius 1 is 1.14 bits per heavy atom. The molecule has 1 N–H and O–H groups in total. The van der Waals surface area contributed by atoms with E-state index in [0.29, 0.717) is 11.6 Å². The van der Waals surface area contributed by atoms with Crippen LogP contribution in [0.4, 0.5) is 14.5 Å². The standard InChI is InChI=1S/C14H10BrF2NO3S/c1-8(19)9-2-4-11(5-3-9)18-22(20,21)14-12(15)6-10(16)7-13(14)17/h2-7,18H,1H3. The summed E-state index contributed by atoms with van der Waals surface area (Å²) in [7, 11) is -4.25. The zero-order valence-corrected chi connectivity index (χ0v) is 13.6. The lowest BCUT2D eigenvalue weighted by Gasteiger charge is -2.11. The number of sulfonamides is 1. The molecular formula is C14H10BrF2NO3S. The van der Waals surface area contributed by atoms with Crippen molar-refractivity contribution in [1.82, 2.24) is 0 Å². The van der Waals surface area contributed by atoms with Gasteiger partial charge in [0.05, 0.1) is 0 Å². The first kappa shape index (κ1) is 16.6. The van der Waals surface area contributed by atoms with Crippen molar-refractivity contribution in [2.45, 2.75) is 11.8 Å². The van der Waals surface area contributed by atoms with Crippen molar-refractivity contribution >= 4 is 37.4 Å². The predicted octanol–water partition coefficient (Wildman–Crippen LogP) is 3.73. The van der Waals surface area contributed by atoms with E-state index >= 15 is 0 Å². The number of nitrogens with one attached hydrogen (secondary N) is 1. The normalized spacial score (nSPS) is 11.3. The summed E-state index contributed by atoms with van der Waals surface area (Å²) in [5, 5.41) is 0. The summed E-state index contributed by atoms with van der Waals surface area (Å²) in [4.78, 5) is 10.5. The molecule has 22 heavy (non-hydrogen) atoms. The van der Waals surface area contributed by atoms with Gasteiger partial charge in [-0.15, -0.1) is 0 Å². The summed E-state index contributed by atoms with van der Waals surface area (Å²) in [5.41, 5.74) is 0.567. The molecule has 8 heteroatoms. The van der Waals surface area contributed by atoms with E-state index in [-0.39, 0.29) is 15.9 Å². The van der Waals surface area contributed by atoms with E-state index in [1.807, 2.05) is 0 Å². The Kier molecular flexibility index (Phi) is 4.62. The SMILES string of the molecule is CC(=O)c1ccc(NS(=O)(=O)c2c(F)cc(F)cc2Br)cc1. The highest BCUT2D eigenvalue weighted by Gasteiger charge is 2.23. The molecule has 0 unspecified atom stereocenters. The van der Waals surface area contributed by atoms with Gasteiger partial charge in [-0.3, -0.25) is 9.52 Å². The molecule has 0 aromatic heterocycles. The molecule has 2 aromatic rings. The summed E-state index contributed by atoms with van der Waals surface area (Å²) in [6.07, 6.45) is 0. The average molecular weight is 390 g/mol. The van der Waals surface area contributed by atoms with Crippen LogP contribution in [0.5, 0.6) is 0 Å². The van der Waals surface area contributed by atoms with E-state index in [9.17, 15) is 22.0 Å². The number of hydrogen-bond donors (Lipinski definition) is 1. The number of Topliss-reactive ketones (excluding diaryl/α,β-unsaturated/α-hetero) is 1. The van der Waals surface area contributed by atoms with Crippen LogP contribution in [0.15, 0.2) is 45.8 Å². The molecule has 0 aliphatic carbocycles. The Bertz CT molecular complexity index is 813. The molecule has 0 bridgehead atoms. The van der Waals surface area contributed by atoms with Crippen molar-refractivity contribution in [3.05, 3.63) is 58.1 Å². The third kappa shape index (κ3) is 3.50. The number of halogens is 3. The van der Waals surface area contributed by atoms with Crippen molar-refractivity contribution in [1.29, 1.82) is 0 Å². The van der Waals surface area contributed by atoms with E-state index in [1.165, 1.54) is 31.2 Å². The number of carbonyl (C=O) groups excluding carboxylic acids is 1. The van der Waals surface area contributed by atoms with Crippen LogP contribution in [0.3, 0.4) is 0 Å². The highest BCUT2D eigenvalue weighted by atomic mass is 79.9. The molecule has 0 amide bonds. The molecule has 0 aliphatic rings. The first-order valence-electron chi connectivity index (χ1n) is 5.99. The quantitative estimate of drug-likeness (QED) is 0.810. The Morgan fingerprint density at radius 2 is 1.73 bits per heavy atom. The predicted molar refractivity (Wildman–Crippen MR) is 81.3 cm³/mol. The van der Waals surface area contributed by atoms with Crippen LogP contribution in [0.2, 0.25) is 0 Å². The van der Waals surface area contributed by atoms with Crippen LogP contribution in [-0.4, -0.2) is 14.2 Å². The molecule has 0 aliphatic heterocycles. The molecule has 0 radical (unpaired) electrons. The first-order valence-corrected chi connectivity index (χ1v) is 8.26. The number of ketones is 1. The lowest BCUT2D eigenvalue weighted by atomic mass is 10.1. The van der Waals surface area contributed by atoms with Crippen LogP contribution >= 0.6 is 15.9 Å². The fourth-order valence-electron chi connectivity index (χ4n) is 1.76. The third-order valence-electron chi connectivity index (χ3n) is 2.78. The fraction of sp³-hybridized carbons (Fsp3) is 0.0714.